The number of benzene rings is 1. The highest BCUT2D eigenvalue weighted by Gasteiger charge is 2.20. The van der Waals surface area contributed by atoms with Gasteiger partial charge in [-0.05, 0) is 43.5 Å². The molecule has 6 nitrogen and oxygen atoms in total. The van der Waals surface area contributed by atoms with Gasteiger partial charge in [0.15, 0.2) is 17.6 Å². The van der Waals surface area contributed by atoms with Crippen molar-refractivity contribution in [2.24, 2.45) is 0 Å². The number of carbonyl (C=O) groups is 2. The van der Waals surface area contributed by atoms with Gasteiger partial charge in [0, 0.05) is 4.88 Å². The summed E-state index contributed by atoms with van der Waals surface area (Å²) in [5.41, 5.74) is 0.290. The van der Waals surface area contributed by atoms with E-state index in [0.717, 1.165) is 4.88 Å². The average Bonchev–Trinajstić information content (AvgIpc) is 3.13. The van der Waals surface area contributed by atoms with Gasteiger partial charge in [-0.2, -0.15) is 0 Å². The maximum atomic E-state index is 12.2. The molecule has 1 atom stereocenters. The van der Waals surface area contributed by atoms with Gasteiger partial charge in [0.05, 0.1) is 25.8 Å². The van der Waals surface area contributed by atoms with Crippen LogP contribution >= 0.6 is 11.3 Å². The Morgan fingerprint density at radius 3 is 2.68 bits per heavy atom. The van der Waals surface area contributed by atoms with E-state index in [1.54, 1.807) is 23.5 Å². The minimum atomic E-state index is -0.898. The van der Waals surface area contributed by atoms with Crippen LogP contribution in [-0.2, 0) is 16.1 Å². The Hall–Kier alpha value is -2.54. The number of carbonyl (C=O) groups excluding carboxylic acids is 2. The van der Waals surface area contributed by atoms with Gasteiger partial charge in [-0.1, -0.05) is 6.07 Å². The molecule has 2 rings (SSSR count). The van der Waals surface area contributed by atoms with E-state index in [9.17, 15) is 9.59 Å². The van der Waals surface area contributed by atoms with Crippen LogP contribution in [0.15, 0.2) is 35.7 Å². The van der Waals surface area contributed by atoms with Gasteiger partial charge in [0.25, 0.3) is 5.91 Å². The standard InChI is InChI=1S/C18H21NO5S/c1-4-23-15-8-7-13(10-16(15)22-3)18(21)24-12(2)17(20)19-11-14-6-5-9-25-14/h5-10,12H,4,11H2,1-3H3,(H,19,20)/t12-/m1/s1. The van der Waals surface area contributed by atoms with Crippen molar-refractivity contribution >= 4 is 23.2 Å². The fourth-order valence-corrected chi connectivity index (χ4v) is 2.73. The zero-order valence-electron chi connectivity index (χ0n) is 14.4. The molecular weight excluding hydrogens is 342 g/mol. The lowest BCUT2D eigenvalue weighted by Crippen LogP contribution is -2.35. The second-order valence-corrected chi connectivity index (χ2v) is 6.18. The van der Waals surface area contributed by atoms with E-state index in [4.69, 9.17) is 14.2 Å². The minimum Gasteiger partial charge on any atom is -0.493 e. The zero-order valence-corrected chi connectivity index (χ0v) is 15.2. The first-order valence-corrected chi connectivity index (χ1v) is 8.75. The van der Waals surface area contributed by atoms with Crippen LogP contribution in [0, 0.1) is 0 Å². The fourth-order valence-electron chi connectivity index (χ4n) is 2.08. The molecule has 134 valence electrons. The van der Waals surface area contributed by atoms with E-state index in [1.807, 2.05) is 24.4 Å². The number of hydrogen-bond donors (Lipinski definition) is 1. The van der Waals surface area contributed by atoms with Gasteiger partial charge in [-0.3, -0.25) is 4.79 Å². The molecule has 25 heavy (non-hydrogen) atoms. The van der Waals surface area contributed by atoms with Crippen LogP contribution < -0.4 is 14.8 Å². The topological polar surface area (TPSA) is 73.9 Å². The molecule has 0 aliphatic heterocycles. The van der Waals surface area contributed by atoms with Gasteiger partial charge >= 0.3 is 5.97 Å². The summed E-state index contributed by atoms with van der Waals surface area (Å²) in [6.45, 7) is 4.29. The van der Waals surface area contributed by atoms with Crippen molar-refractivity contribution in [2.45, 2.75) is 26.5 Å². The van der Waals surface area contributed by atoms with E-state index >= 15 is 0 Å². The quantitative estimate of drug-likeness (QED) is 0.730. The maximum absolute atomic E-state index is 12.2. The number of thiophene rings is 1. The lowest BCUT2D eigenvalue weighted by Gasteiger charge is -2.14. The molecule has 0 fully saturated rings. The Labute approximate surface area is 150 Å². The average molecular weight is 363 g/mol. The molecular formula is C18H21NO5S. The molecule has 0 saturated carbocycles. The van der Waals surface area contributed by atoms with Crippen molar-refractivity contribution < 1.29 is 23.8 Å². The number of methoxy groups -OCH3 is 1. The number of rotatable bonds is 8. The summed E-state index contributed by atoms with van der Waals surface area (Å²) >= 11 is 1.55. The minimum absolute atomic E-state index is 0.290. The van der Waals surface area contributed by atoms with E-state index in [1.165, 1.54) is 20.1 Å². The summed E-state index contributed by atoms with van der Waals surface area (Å²) in [4.78, 5) is 25.3. The van der Waals surface area contributed by atoms with Gasteiger partial charge in [-0.25, -0.2) is 4.79 Å². The van der Waals surface area contributed by atoms with Gasteiger partial charge in [0.2, 0.25) is 0 Å². The number of hydrogen-bond acceptors (Lipinski definition) is 6. The molecule has 1 N–H and O–H groups in total. The second-order valence-electron chi connectivity index (χ2n) is 5.14. The van der Waals surface area contributed by atoms with Gasteiger partial charge in [0.1, 0.15) is 0 Å². The lowest BCUT2D eigenvalue weighted by molar-refractivity contribution is -0.129. The highest BCUT2D eigenvalue weighted by atomic mass is 32.1. The predicted octanol–water partition coefficient (Wildman–Crippen LogP) is 3.02. The molecule has 0 radical (unpaired) electrons. The van der Waals surface area contributed by atoms with Crippen LogP contribution in [0.5, 0.6) is 11.5 Å². The molecule has 0 saturated heterocycles. The molecule has 0 unspecified atom stereocenters. The Morgan fingerprint density at radius 1 is 1.24 bits per heavy atom. The van der Waals surface area contributed by atoms with Crippen LogP contribution in [0.3, 0.4) is 0 Å². The zero-order chi connectivity index (χ0) is 18.2. The normalized spacial score (nSPS) is 11.5. The third kappa shape index (κ3) is 5.22. The van der Waals surface area contributed by atoms with Crippen molar-refractivity contribution in [2.75, 3.05) is 13.7 Å². The third-order valence-electron chi connectivity index (χ3n) is 3.37. The van der Waals surface area contributed by atoms with Crippen LogP contribution in [0.4, 0.5) is 0 Å². The Morgan fingerprint density at radius 2 is 2.04 bits per heavy atom. The smallest absolute Gasteiger partial charge is 0.339 e. The summed E-state index contributed by atoms with van der Waals surface area (Å²) in [6, 6.07) is 8.58. The summed E-state index contributed by atoms with van der Waals surface area (Å²) in [5.74, 6) is 0.0363. The molecule has 1 aromatic heterocycles. The summed E-state index contributed by atoms with van der Waals surface area (Å²) < 4.78 is 15.8. The molecule has 0 aliphatic carbocycles. The summed E-state index contributed by atoms with van der Waals surface area (Å²) in [5, 5.41) is 4.67. The molecule has 0 bridgehead atoms. The van der Waals surface area contributed by atoms with Crippen molar-refractivity contribution in [3.8, 4) is 11.5 Å². The van der Waals surface area contributed by atoms with Gasteiger partial charge in [-0.15, -0.1) is 11.3 Å². The molecule has 7 heteroatoms. The van der Waals surface area contributed by atoms with Crippen molar-refractivity contribution in [3.63, 3.8) is 0 Å². The lowest BCUT2D eigenvalue weighted by atomic mass is 10.2. The highest BCUT2D eigenvalue weighted by molar-refractivity contribution is 7.09. The summed E-state index contributed by atoms with van der Waals surface area (Å²) in [7, 11) is 1.49. The van der Waals surface area contributed by atoms with Crippen molar-refractivity contribution in [3.05, 3.63) is 46.2 Å². The van der Waals surface area contributed by atoms with E-state index in [-0.39, 0.29) is 5.91 Å². The molecule has 1 heterocycles. The van der Waals surface area contributed by atoms with Crippen molar-refractivity contribution in [1.29, 1.82) is 0 Å². The van der Waals surface area contributed by atoms with Crippen LogP contribution in [0.25, 0.3) is 0 Å². The van der Waals surface area contributed by atoms with Crippen LogP contribution in [0.2, 0.25) is 0 Å². The Bertz CT molecular complexity index is 714. The maximum Gasteiger partial charge on any atom is 0.339 e. The Kier molecular flexibility index (Phi) is 6.82. The largest absolute Gasteiger partial charge is 0.493 e. The summed E-state index contributed by atoms with van der Waals surface area (Å²) in [6.07, 6.45) is -0.898. The van der Waals surface area contributed by atoms with Crippen LogP contribution in [-0.4, -0.2) is 31.7 Å². The number of nitrogens with one attached hydrogen (secondary N) is 1. The van der Waals surface area contributed by atoms with Gasteiger partial charge < -0.3 is 19.5 Å². The Balaban J connectivity index is 1.94. The van der Waals surface area contributed by atoms with E-state index in [0.29, 0.717) is 30.2 Å². The highest BCUT2D eigenvalue weighted by Crippen LogP contribution is 2.28. The SMILES string of the molecule is CCOc1ccc(C(=O)O[C@H](C)C(=O)NCc2cccs2)cc1OC. The molecule has 0 aliphatic rings. The molecule has 0 spiro atoms. The predicted molar refractivity (Wildman–Crippen MR) is 95.2 cm³/mol. The molecule has 2 aromatic rings. The first kappa shape index (κ1) is 18.8. The second kappa shape index (κ2) is 9.08. The third-order valence-corrected chi connectivity index (χ3v) is 4.25. The van der Waals surface area contributed by atoms with Crippen LogP contribution in [0.1, 0.15) is 29.1 Å². The number of esters is 1. The van der Waals surface area contributed by atoms with E-state index < -0.39 is 12.1 Å². The monoisotopic (exact) mass is 363 g/mol. The first-order valence-electron chi connectivity index (χ1n) is 7.87. The first-order chi connectivity index (χ1) is 12.0. The fraction of sp³-hybridized carbons (Fsp3) is 0.333. The van der Waals surface area contributed by atoms with E-state index in [2.05, 4.69) is 5.32 Å². The number of ether oxygens (including phenoxy) is 3. The molecule has 1 aromatic carbocycles. The molecule has 1 amide bonds. The van der Waals surface area contributed by atoms with Crippen molar-refractivity contribution in [1.82, 2.24) is 5.32 Å². The number of amides is 1.